The van der Waals surface area contributed by atoms with Gasteiger partial charge in [-0.15, -0.1) is 0 Å². The Morgan fingerprint density at radius 1 is 0.826 bits per heavy atom. The molecule has 2 heterocycles. The van der Waals surface area contributed by atoms with Gasteiger partial charge in [0.15, 0.2) is 0 Å². The van der Waals surface area contributed by atoms with Crippen molar-refractivity contribution in [3.8, 4) is 11.1 Å². The van der Waals surface area contributed by atoms with Gasteiger partial charge in [0.1, 0.15) is 0 Å². The summed E-state index contributed by atoms with van der Waals surface area (Å²) in [7, 11) is 0. The number of hydrogen-bond donors (Lipinski definition) is 0. The maximum Gasteiger partial charge on any atom is 0.225 e. The molecule has 0 N–H and O–H groups in total. The van der Waals surface area contributed by atoms with Crippen molar-refractivity contribution in [1.82, 2.24) is 9.97 Å². The van der Waals surface area contributed by atoms with E-state index in [2.05, 4.69) is 70.3 Å². The Morgan fingerprint density at radius 2 is 1.52 bits per heavy atom. The summed E-state index contributed by atoms with van der Waals surface area (Å²) in [5.74, 6) is 0.815. The van der Waals surface area contributed by atoms with Gasteiger partial charge in [-0.3, -0.25) is 0 Å². The molecular formula is C20H19N3. The second-order valence-corrected chi connectivity index (χ2v) is 6.08. The molecule has 0 aliphatic carbocycles. The average Bonchev–Trinajstić information content (AvgIpc) is 2.62. The summed E-state index contributed by atoms with van der Waals surface area (Å²) in [4.78, 5) is 11.4. The minimum absolute atomic E-state index is 0.815. The second-order valence-electron chi connectivity index (χ2n) is 6.08. The minimum Gasteiger partial charge on any atom is -0.336 e. The summed E-state index contributed by atoms with van der Waals surface area (Å²) < 4.78 is 0. The Kier molecular flexibility index (Phi) is 3.54. The van der Waals surface area contributed by atoms with Crippen LogP contribution in [-0.2, 0) is 13.0 Å². The normalized spacial score (nSPS) is 13.7. The molecule has 114 valence electrons. The zero-order chi connectivity index (χ0) is 15.6. The van der Waals surface area contributed by atoms with E-state index in [4.69, 9.17) is 0 Å². The monoisotopic (exact) mass is 301 g/mol. The third-order valence-electron chi connectivity index (χ3n) is 4.44. The van der Waals surface area contributed by atoms with Crippen LogP contribution in [0.15, 0.2) is 60.9 Å². The van der Waals surface area contributed by atoms with Crippen LogP contribution in [0, 0.1) is 6.92 Å². The number of hydrogen-bond acceptors (Lipinski definition) is 3. The topological polar surface area (TPSA) is 29.0 Å². The first kappa shape index (κ1) is 13.9. The predicted molar refractivity (Wildman–Crippen MR) is 93.4 cm³/mol. The number of aryl methyl sites for hydroxylation is 1. The Hall–Kier alpha value is -2.68. The Balaban J connectivity index is 1.56. The van der Waals surface area contributed by atoms with Crippen LogP contribution in [-0.4, -0.2) is 16.5 Å². The van der Waals surface area contributed by atoms with Gasteiger partial charge in [0.2, 0.25) is 5.95 Å². The largest absolute Gasteiger partial charge is 0.336 e. The molecule has 0 saturated carbocycles. The highest BCUT2D eigenvalue weighted by molar-refractivity contribution is 5.62. The van der Waals surface area contributed by atoms with Crippen molar-refractivity contribution in [3.63, 3.8) is 0 Å². The Bertz CT molecular complexity index is 807. The number of fused-ring (bicyclic) bond motifs is 1. The molecule has 0 spiro atoms. The summed E-state index contributed by atoms with van der Waals surface area (Å²) in [6, 6.07) is 17.1. The van der Waals surface area contributed by atoms with Gasteiger partial charge in [-0.05, 0) is 30.0 Å². The van der Waals surface area contributed by atoms with E-state index in [-0.39, 0.29) is 0 Å². The first-order valence-electron chi connectivity index (χ1n) is 8.00. The van der Waals surface area contributed by atoms with Gasteiger partial charge in [-0.25, -0.2) is 9.97 Å². The van der Waals surface area contributed by atoms with E-state index in [9.17, 15) is 0 Å². The maximum atomic E-state index is 4.59. The van der Waals surface area contributed by atoms with Crippen LogP contribution in [0.25, 0.3) is 11.1 Å². The molecule has 1 aliphatic rings. The molecule has 3 aromatic rings. The van der Waals surface area contributed by atoms with E-state index in [1.807, 2.05) is 12.4 Å². The highest BCUT2D eigenvalue weighted by Crippen LogP contribution is 2.23. The first-order chi connectivity index (χ1) is 11.3. The van der Waals surface area contributed by atoms with E-state index >= 15 is 0 Å². The quantitative estimate of drug-likeness (QED) is 0.716. The van der Waals surface area contributed by atoms with Crippen LogP contribution in [0.1, 0.15) is 16.7 Å². The lowest BCUT2D eigenvalue weighted by molar-refractivity contribution is 0.708. The van der Waals surface area contributed by atoms with Gasteiger partial charge >= 0.3 is 0 Å². The van der Waals surface area contributed by atoms with E-state index in [1.165, 1.54) is 16.7 Å². The maximum absolute atomic E-state index is 4.59. The summed E-state index contributed by atoms with van der Waals surface area (Å²) in [5, 5.41) is 0. The Morgan fingerprint density at radius 3 is 2.26 bits per heavy atom. The minimum atomic E-state index is 0.815. The fourth-order valence-corrected chi connectivity index (χ4v) is 3.05. The molecule has 23 heavy (non-hydrogen) atoms. The van der Waals surface area contributed by atoms with Gasteiger partial charge < -0.3 is 4.90 Å². The molecule has 3 nitrogen and oxygen atoms in total. The molecule has 1 aromatic heterocycles. The van der Waals surface area contributed by atoms with Crippen LogP contribution in [0.2, 0.25) is 0 Å². The molecule has 3 heteroatoms. The molecule has 0 bridgehead atoms. The smallest absolute Gasteiger partial charge is 0.225 e. The molecule has 2 aromatic carbocycles. The number of benzene rings is 2. The standard InChI is InChI=1S/C20H19N3/c1-15-6-8-17(9-7-15)19-12-21-20(22-13-19)23-11-10-16-4-2-3-5-18(16)14-23/h2-9,12-13H,10-11,14H2,1H3. The van der Waals surface area contributed by atoms with Crippen molar-refractivity contribution in [1.29, 1.82) is 0 Å². The zero-order valence-corrected chi connectivity index (χ0v) is 13.2. The summed E-state index contributed by atoms with van der Waals surface area (Å²) in [6.45, 7) is 3.96. The van der Waals surface area contributed by atoms with Crippen molar-refractivity contribution in [2.45, 2.75) is 19.9 Å². The van der Waals surface area contributed by atoms with Crippen LogP contribution in [0.5, 0.6) is 0 Å². The van der Waals surface area contributed by atoms with Crippen LogP contribution in [0.4, 0.5) is 5.95 Å². The van der Waals surface area contributed by atoms with E-state index in [1.54, 1.807) is 0 Å². The molecule has 0 fully saturated rings. The van der Waals surface area contributed by atoms with E-state index in [0.717, 1.165) is 36.6 Å². The number of anilines is 1. The molecule has 0 amide bonds. The summed E-state index contributed by atoms with van der Waals surface area (Å²) >= 11 is 0. The van der Waals surface area contributed by atoms with Gasteiger partial charge in [0.05, 0.1) is 0 Å². The van der Waals surface area contributed by atoms with Crippen LogP contribution >= 0.6 is 0 Å². The fourth-order valence-electron chi connectivity index (χ4n) is 3.05. The van der Waals surface area contributed by atoms with Crippen molar-refractivity contribution in [2.75, 3.05) is 11.4 Å². The van der Waals surface area contributed by atoms with Gasteiger partial charge in [-0.1, -0.05) is 54.1 Å². The third kappa shape index (κ3) is 2.82. The van der Waals surface area contributed by atoms with Gasteiger partial charge in [0.25, 0.3) is 0 Å². The summed E-state index contributed by atoms with van der Waals surface area (Å²) in [5.41, 5.74) is 6.31. The highest BCUT2D eigenvalue weighted by Gasteiger charge is 2.17. The van der Waals surface area contributed by atoms with Crippen molar-refractivity contribution in [2.24, 2.45) is 0 Å². The molecule has 0 radical (unpaired) electrons. The molecule has 0 atom stereocenters. The second kappa shape index (κ2) is 5.84. The van der Waals surface area contributed by atoms with E-state index in [0.29, 0.717) is 0 Å². The fraction of sp³-hybridized carbons (Fsp3) is 0.200. The van der Waals surface area contributed by atoms with Crippen molar-refractivity contribution in [3.05, 3.63) is 77.6 Å². The number of rotatable bonds is 2. The van der Waals surface area contributed by atoms with Crippen molar-refractivity contribution < 1.29 is 0 Å². The van der Waals surface area contributed by atoms with Gasteiger partial charge in [0, 0.05) is 31.0 Å². The molecule has 0 saturated heterocycles. The van der Waals surface area contributed by atoms with Crippen LogP contribution < -0.4 is 4.90 Å². The highest BCUT2D eigenvalue weighted by atomic mass is 15.2. The number of nitrogens with zero attached hydrogens (tertiary/aromatic N) is 3. The lowest BCUT2D eigenvalue weighted by Crippen LogP contribution is -2.31. The predicted octanol–water partition coefficient (Wildman–Crippen LogP) is 4.01. The third-order valence-corrected chi connectivity index (χ3v) is 4.44. The van der Waals surface area contributed by atoms with Crippen LogP contribution in [0.3, 0.4) is 0 Å². The zero-order valence-electron chi connectivity index (χ0n) is 13.2. The lowest BCUT2D eigenvalue weighted by Gasteiger charge is -2.28. The SMILES string of the molecule is Cc1ccc(-c2cnc(N3CCc4ccccc4C3)nc2)cc1. The average molecular weight is 301 g/mol. The first-order valence-corrected chi connectivity index (χ1v) is 8.00. The van der Waals surface area contributed by atoms with E-state index < -0.39 is 0 Å². The number of aromatic nitrogens is 2. The Labute approximate surface area is 136 Å². The molecular weight excluding hydrogens is 282 g/mol. The lowest BCUT2D eigenvalue weighted by atomic mass is 10.0. The van der Waals surface area contributed by atoms with Crippen molar-refractivity contribution >= 4 is 5.95 Å². The molecule has 4 rings (SSSR count). The summed E-state index contributed by atoms with van der Waals surface area (Å²) in [6.07, 6.45) is 4.90. The molecule has 0 unspecified atom stereocenters. The van der Waals surface area contributed by atoms with Gasteiger partial charge in [-0.2, -0.15) is 0 Å². The molecule has 1 aliphatic heterocycles.